The maximum Gasteiger partial charge on any atom is 0.122 e. The van der Waals surface area contributed by atoms with Crippen LogP contribution in [0.5, 0.6) is 5.75 Å². The van der Waals surface area contributed by atoms with E-state index in [1.54, 1.807) is 0 Å². The summed E-state index contributed by atoms with van der Waals surface area (Å²) in [6.45, 7) is 3.05. The molecule has 0 bridgehead atoms. The van der Waals surface area contributed by atoms with Crippen molar-refractivity contribution in [1.29, 1.82) is 0 Å². The predicted molar refractivity (Wildman–Crippen MR) is 76.7 cm³/mol. The lowest BCUT2D eigenvalue weighted by Crippen LogP contribution is -2.26. The van der Waals surface area contributed by atoms with E-state index in [1.165, 1.54) is 18.4 Å². The van der Waals surface area contributed by atoms with Crippen LogP contribution in [-0.2, 0) is 0 Å². The summed E-state index contributed by atoms with van der Waals surface area (Å²) in [5.74, 6) is 2.38. The Morgan fingerprint density at radius 3 is 2.94 bits per heavy atom. The highest BCUT2D eigenvalue weighted by molar-refractivity contribution is 6.17. The van der Waals surface area contributed by atoms with Gasteiger partial charge in [0.05, 0.1) is 6.61 Å². The van der Waals surface area contributed by atoms with Gasteiger partial charge in [-0.25, -0.2) is 0 Å². The van der Waals surface area contributed by atoms with E-state index < -0.39 is 0 Å². The number of hydrogen-bond acceptors (Lipinski definition) is 2. The van der Waals surface area contributed by atoms with Gasteiger partial charge < -0.3 is 9.64 Å². The second-order valence-corrected chi connectivity index (χ2v) is 5.44. The van der Waals surface area contributed by atoms with Crippen molar-refractivity contribution >= 4 is 11.6 Å². The number of nitrogens with zero attached hydrogens (tertiary/aromatic N) is 1. The maximum absolute atomic E-state index is 5.71. The molecule has 1 atom stereocenters. The van der Waals surface area contributed by atoms with Crippen LogP contribution in [-0.4, -0.2) is 37.5 Å². The molecule has 1 aliphatic heterocycles. The number of likely N-dealkylation sites (N-methyl/N-ethyl adjacent to an activating group) is 1. The zero-order chi connectivity index (χ0) is 12.8. The van der Waals surface area contributed by atoms with E-state index in [9.17, 15) is 0 Å². The van der Waals surface area contributed by atoms with Gasteiger partial charge in [-0.15, -0.1) is 11.6 Å². The lowest BCUT2D eigenvalue weighted by molar-refractivity contribution is 0.263. The topological polar surface area (TPSA) is 12.5 Å². The molecule has 1 aliphatic rings. The molecule has 0 amide bonds. The number of rotatable bonds is 7. The number of alkyl halides is 1. The van der Waals surface area contributed by atoms with E-state index in [2.05, 4.69) is 30.1 Å². The van der Waals surface area contributed by atoms with Crippen molar-refractivity contribution in [3.63, 3.8) is 0 Å². The molecule has 3 heteroatoms. The molecular weight excluding hydrogens is 246 g/mol. The fourth-order valence-corrected chi connectivity index (χ4v) is 2.69. The third kappa shape index (κ3) is 3.63. The van der Waals surface area contributed by atoms with Crippen LogP contribution < -0.4 is 4.74 Å². The Labute approximate surface area is 115 Å². The maximum atomic E-state index is 5.71. The van der Waals surface area contributed by atoms with Gasteiger partial charge in [0.25, 0.3) is 0 Å². The van der Waals surface area contributed by atoms with Crippen molar-refractivity contribution in [3.8, 4) is 5.75 Å². The number of fused-ring (bicyclic) bond motifs is 1. The van der Waals surface area contributed by atoms with E-state index in [0.29, 0.717) is 5.92 Å². The Morgan fingerprint density at radius 1 is 1.28 bits per heavy atom. The summed E-state index contributed by atoms with van der Waals surface area (Å²) in [6.07, 6.45) is 3.59. The van der Waals surface area contributed by atoms with Gasteiger partial charge in [-0.05, 0) is 32.5 Å². The van der Waals surface area contributed by atoms with Gasteiger partial charge in [0.2, 0.25) is 0 Å². The summed E-state index contributed by atoms with van der Waals surface area (Å²) >= 11 is 5.68. The Bertz CT molecular complexity index is 369. The molecule has 0 saturated heterocycles. The smallest absolute Gasteiger partial charge is 0.122 e. The second kappa shape index (κ2) is 7.01. The van der Waals surface area contributed by atoms with Crippen LogP contribution in [0.25, 0.3) is 0 Å². The van der Waals surface area contributed by atoms with Crippen molar-refractivity contribution in [2.24, 2.45) is 0 Å². The zero-order valence-corrected chi connectivity index (χ0v) is 11.8. The Hall–Kier alpha value is -0.730. The Kier molecular flexibility index (Phi) is 5.33. The molecule has 1 heterocycles. The number of unbranched alkanes of at least 4 members (excludes halogenated alkanes) is 2. The number of halogens is 1. The van der Waals surface area contributed by atoms with Gasteiger partial charge in [0, 0.05) is 23.9 Å². The monoisotopic (exact) mass is 267 g/mol. The first kappa shape index (κ1) is 13.7. The molecule has 0 radical (unpaired) electrons. The number of benzene rings is 1. The molecule has 0 fully saturated rings. The second-order valence-electron chi connectivity index (χ2n) is 5.06. The lowest BCUT2D eigenvalue weighted by Gasteiger charge is -2.20. The summed E-state index contributed by atoms with van der Waals surface area (Å²) in [7, 11) is 2.20. The van der Waals surface area contributed by atoms with Crippen LogP contribution in [0.3, 0.4) is 0 Å². The van der Waals surface area contributed by atoms with E-state index >= 15 is 0 Å². The third-order valence-electron chi connectivity index (χ3n) is 3.50. The first-order valence-corrected chi connectivity index (χ1v) is 7.31. The normalized spacial score (nSPS) is 17.8. The van der Waals surface area contributed by atoms with Gasteiger partial charge >= 0.3 is 0 Å². The van der Waals surface area contributed by atoms with Crippen LogP contribution >= 0.6 is 11.6 Å². The average molecular weight is 268 g/mol. The lowest BCUT2D eigenvalue weighted by atomic mass is 10.0. The molecular formula is C15H22ClNO. The SMILES string of the molecule is CN(CCCCCCl)CC1COc2ccccc21. The molecule has 18 heavy (non-hydrogen) atoms. The van der Waals surface area contributed by atoms with Gasteiger partial charge in [-0.1, -0.05) is 24.6 Å². The quantitative estimate of drug-likeness (QED) is 0.554. The van der Waals surface area contributed by atoms with Crippen molar-refractivity contribution in [1.82, 2.24) is 4.90 Å². The van der Waals surface area contributed by atoms with Crippen LogP contribution in [0, 0.1) is 0 Å². The minimum absolute atomic E-state index is 0.527. The number of hydrogen-bond donors (Lipinski definition) is 0. The first-order chi connectivity index (χ1) is 8.81. The Balaban J connectivity index is 1.77. The fraction of sp³-hybridized carbons (Fsp3) is 0.600. The van der Waals surface area contributed by atoms with Crippen LogP contribution in [0.15, 0.2) is 24.3 Å². The highest BCUT2D eigenvalue weighted by Gasteiger charge is 2.24. The number of ether oxygens (including phenoxy) is 1. The van der Waals surface area contributed by atoms with Crippen LogP contribution in [0.2, 0.25) is 0 Å². The van der Waals surface area contributed by atoms with E-state index in [0.717, 1.165) is 37.7 Å². The molecule has 0 spiro atoms. The summed E-state index contributed by atoms with van der Waals surface area (Å²) in [5.41, 5.74) is 1.37. The largest absolute Gasteiger partial charge is 0.493 e. The summed E-state index contributed by atoms with van der Waals surface area (Å²) in [6, 6.07) is 8.39. The molecule has 0 aliphatic carbocycles. The standard InChI is InChI=1S/C15H22ClNO/c1-17(10-6-2-5-9-16)11-13-12-18-15-8-4-3-7-14(13)15/h3-4,7-8,13H,2,5-6,9-12H2,1H3. The molecule has 1 aromatic rings. The molecule has 2 rings (SSSR count). The van der Waals surface area contributed by atoms with Gasteiger partial charge in [-0.3, -0.25) is 0 Å². The number of para-hydroxylation sites is 1. The minimum atomic E-state index is 0.527. The predicted octanol–water partition coefficient (Wildman–Crippen LogP) is 3.50. The van der Waals surface area contributed by atoms with E-state index in [1.807, 2.05) is 6.07 Å². The highest BCUT2D eigenvalue weighted by atomic mass is 35.5. The van der Waals surface area contributed by atoms with Crippen molar-refractivity contribution < 1.29 is 4.74 Å². The summed E-state index contributed by atoms with van der Waals surface area (Å²) in [4.78, 5) is 2.41. The van der Waals surface area contributed by atoms with Gasteiger partial charge in [-0.2, -0.15) is 0 Å². The summed E-state index contributed by atoms with van der Waals surface area (Å²) < 4.78 is 5.71. The first-order valence-electron chi connectivity index (χ1n) is 6.77. The van der Waals surface area contributed by atoms with Gasteiger partial charge in [0.1, 0.15) is 5.75 Å². The molecule has 0 N–H and O–H groups in total. The van der Waals surface area contributed by atoms with E-state index in [-0.39, 0.29) is 0 Å². The van der Waals surface area contributed by atoms with Crippen molar-refractivity contribution in [2.75, 3.05) is 32.6 Å². The molecule has 0 aromatic heterocycles. The zero-order valence-electron chi connectivity index (χ0n) is 11.1. The van der Waals surface area contributed by atoms with Gasteiger partial charge in [0.15, 0.2) is 0 Å². The molecule has 1 aromatic carbocycles. The van der Waals surface area contributed by atoms with Crippen LogP contribution in [0.4, 0.5) is 0 Å². The average Bonchev–Trinajstić information content (AvgIpc) is 2.78. The molecule has 100 valence electrons. The third-order valence-corrected chi connectivity index (χ3v) is 3.77. The van der Waals surface area contributed by atoms with Crippen molar-refractivity contribution in [2.45, 2.75) is 25.2 Å². The molecule has 1 unspecified atom stereocenters. The molecule has 0 saturated carbocycles. The molecule has 2 nitrogen and oxygen atoms in total. The highest BCUT2D eigenvalue weighted by Crippen LogP contribution is 2.33. The van der Waals surface area contributed by atoms with E-state index in [4.69, 9.17) is 16.3 Å². The van der Waals surface area contributed by atoms with Crippen LogP contribution in [0.1, 0.15) is 30.7 Å². The summed E-state index contributed by atoms with van der Waals surface area (Å²) in [5, 5.41) is 0. The van der Waals surface area contributed by atoms with Crippen molar-refractivity contribution in [3.05, 3.63) is 29.8 Å². The Morgan fingerprint density at radius 2 is 2.11 bits per heavy atom. The minimum Gasteiger partial charge on any atom is -0.493 e. The fourth-order valence-electron chi connectivity index (χ4n) is 2.50.